The van der Waals surface area contributed by atoms with E-state index in [1.54, 1.807) is 0 Å². The first kappa shape index (κ1) is 11.5. The molecule has 0 spiro atoms. The van der Waals surface area contributed by atoms with Crippen molar-refractivity contribution in [2.45, 2.75) is 0 Å². The lowest BCUT2D eigenvalue weighted by Gasteiger charge is -2.07. The van der Waals surface area contributed by atoms with Crippen molar-refractivity contribution < 1.29 is 0 Å². The SMILES string of the molecule is In1ccc(-c2ccccc2)c1-c1ccccc1. The van der Waals surface area contributed by atoms with Gasteiger partial charge in [0, 0.05) is 11.8 Å². The predicted octanol–water partition coefficient (Wildman–Crippen LogP) is 5.02. The topological polar surface area (TPSA) is 4.93 Å². The maximum atomic E-state index is 2.33. The van der Waals surface area contributed by atoms with E-state index in [2.05, 4.69) is 86.4 Å². The monoisotopic (exact) mass is 345 g/mol. The molecule has 1 heterocycles. The fraction of sp³-hybridized carbons (Fsp3) is 0. The highest BCUT2D eigenvalue weighted by atomic mass is 127. The molecule has 3 rings (SSSR count). The van der Waals surface area contributed by atoms with Gasteiger partial charge in [0.05, 0.1) is 28.6 Å². The van der Waals surface area contributed by atoms with Crippen LogP contribution in [-0.4, -0.2) is 2.78 Å². The molecular weight excluding hydrogens is 333 g/mol. The van der Waals surface area contributed by atoms with Gasteiger partial charge in [-0.1, -0.05) is 60.7 Å². The number of hydrogen-bond acceptors (Lipinski definition) is 0. The summed E-state index contributed by atoms with van der Waals surface area (Å²) in [5.74, 6) is 0. The Morgan fingerprint density at radius 2 is 1.22 bits per heavy atom. The third kappa shape index (κ3) is 2.08. The van der Waals surface area contributed by atoms with Crippen LogP contribution in [0.25, 0.3) is 22.4 Å². The second kappa shape index (κ2) is 4.98. The van der Waals surface area contributed by atoms with Gasteiger partial charge in [-0.3, -0.25) is 2.78 Å². The van der Waals surface area contributed by atoms with Gasteiger partial charge >= 0.3 is 0 Å². The van der Waals surface area contributed by atoms with Crippen molar-refractivity contribution >= 4 is 22.9 Å². The summed E-state index contributed by atoms with van der Waals surface area (Å²) in [6.45, 7) is 0. The molecular formula is C16H12IN. The summed E-state index contributed by atoms with van der Waals surface area (Å²) in [6, 6.07) is 23.2. The predicted molar refractivity (Wildman–Crippen MR) is 84.7 cm³/mol. The van der Waals surface area contributed by atoms with E-state index in [4.69, 9.17) is 0 Å². The smallest absolute Gasteiger partial charge is 0.0655 e. The second-order valence-corrected chi connectivity index (χ2v) is 5.16. The summed E-state index contributed by atoms with van der Waals surface area (Å²) in [5, 5.41) is 0. The highest BCUT2D eigenvalue weighted by Crippen LogP contribution is 2.34. The molecule has 0 fully saturated rings. The van der Waals surface area contributed by atoms with Crippen molar-refractivity contribution in [3.8, 4) is 22.4 Å². The van der Waals surface area contributed by atoms with Gasteiger partial charge < -0.3 is 0 Å². The number of rotatable bonds is 2. The minimum atomic E-state index is 1.25. The molecule has 0 aliphatic rings. The lowest BCUT2D eigenvalue weighted by Crippen LogP contribution is -1.86. The highest BCUT2D eigenvalue weighted by Gasteiger charge is 2.11. The first-order valence-corrected chi connectivity index (χ1v) is 6.81. The van der Waals surface area contributed by atoms with Gasteiger partial charge in [0.25, 0.3) is 0 Å². The molecule has 2 heteroatoms. The quantitative estimate of drug-likeness (QED) is 0.575. The maximum absolute atomic E-state index is 2.33. The fourth-order valence-electron chi connectivity index (χ4n) is 2.13. The normalized spacial score (nSPS) is 10.5. The number of benzene rings is 2. The van der Waals surface area contributed by atoms with Crippen molar-refractivity contribution in [2.24, 2.45) is 0 Å². The Morgan fingerprint density at radius 1 is 0.667 bits per heavy atom. The molecule has 0 bridgehead atoms. The lowest BCUT2D eigenvalue weighted by atomic mass is 10.0. The van der Waals surface area contributed by atoms with Crippen LogP contribution in [0.2, 0.25) is 0 Å². The van der Waals surface area contributed by atoms with Crippen molar-refractivity contribution in [3.05, 3.63) is 72.9 Å². The first-order chi connectivity index (χ1) is 8.86. The average molecular weight is 345 g/mol. The molecule has 0 aliphatic heterocycles. The second-order valence-electron chi connectivity index (χ2n) is 4.12. The maximum Gasteiger partial charge on any atom is 0.0655 e. The average Bonchev–Trinajstić information content (AvgIpc) is 2.83. The minimum absolute atomic E-state index is 1.25. The van der Waals surface area contributed by atoms with E-state index in [-0.39, 0.29) is 0 Å². The Morgan fingerprint density at radius 3 is 1.83 bits per heavy atom. The molecule has 0 atom stereocenters. The van der Waals surface area contributed by atoms with Crippen molar-refractivity contribution in [1.29, 1.82) is 0 Å². The molecule has 1 nitrogen and oxygen atoms in total. The van der Waals surface area contributed by atoms with Gasteiger partial charge in [-0.25, -0.2) is 0 Å². The Kier molecular flexibility index (Phi) is 3.19. The zero-order chi connectivity index (χ0) is 12.4. The molecule has 0 radical (unpaired) electrons. The molecule has 3 aromatic rings. The number of hydrogen-bond donors (Lipinski definition) is 0. The summed E-state index contributed by atoms with van der Waals surface area (Å²) < 4.78 is 2.15. The lowest BCUT2D eigenvalue weighted by molar-refractivity contribution is 1.35. The molecule has 0 N–H and O–H groups in total. The minimum Gasteiger partial charge on any atom is -0.289 e. The van der Waals surface area contributed by atoms with Crippen LogP contribution < -0.4 is 0 Å². The largest absolute Gasteiger partial charge is 0.289 e. The zero-order valence-electron chi connectivity index (χ0n) is 9.75. The highest BCUT2D eigenvalue weighted by molar-refractivity contribution is 14.1. The molecule has 0 unspecified atom stereocenters. The summed E-state index contributed by atoms with van der Waals surface area (Å²) in [7, 11) is 0. The Hall–Kier alpha value is -1.55. The van der Waals surface area contributed by atoms with Crippen LogP contribution in [0.3, 0.4) is 0 Å². The zero-order valence-corrected chi connectivity index (χ0v) is 11.9. The van der Waals surface area contributed by atoms with E-state index in [0.717, 1.165) is 0 Å². The molecule has 0 saturated heterocycles. The summed E-state index contributed by atoms with van der Waals surface area (Å²) >= 11 is 2.33. The Bertz CT molecular complexity index is 641. The van der Waals surface area contributed by atoms with Crippen LogP contribution in [0.4, 0.5) is 0 Å². The summed E-state index contributed by atoms with van der Waals surface area (Å²) in [6.07, 6.45) is 2.10. The van der Waals surface area contributed by atoms with E-state index in [0.29, 0.717) is 0 Å². The van der Waals surface area contributed by atoms with Crippen LogP contribution in [0.15, 0.2) is 72.9 Å². The van der Waals surface area contributed by atoms with E-state index < -0.39 is 0 Å². The van der Waals surface area contributed by atoms with E-state index in [1.807, 2.05) is 12.1 Å². The molecule has 0 amide bonds. The fourth-order valence-corrected chi connectivity index (χ4v) is 2.83. The molecule has 1 aromatic heterocycles. The van der Waals surface area contributed by atoms with Crippen LogP contribution in [0, 0.1) is 0 Å². The van der Waals surface area contributed by atoms with Gasteiger partial charge in [0.15, 0.2) is 0 Å². The molecule has 0 aliphatic carbocycles. The Balaban J connectivity index is 2.19. The van der Waals surface area contributed by atoms with E-state index >= 15 is 0 Å². The summed E-state index contributed by atoms with van der Waals surface area (Å²) in [5.41, 5.74) is 5.03. The van der Waals surface area contributed by atoms with Gasteiger partial charge in [0.1, 0.15) is 0 Å². The number of halogens is 1. The third-order valence-corrected chi connectivity index (χ3v) is 3.78. The Labute approximate surface area is 121 Å². The van der Waals surface area contributed by atoms with E-state index in [1.165, 1.54) is 22.4 Å². The number of nitrogens with zero attached hydrogens (tertiary/aromatic N) is 1. The number of aromatic nitrogens is 1. The van der Waals surface area contributed by atoms with E-state index in [9.17, 15) is 0 Å². The molecule has 0 saturated carbocycles. The van der Waals surface area contributed by atoms with Crippen LogP contribution in [0.1, 0.15) is 0 Å². The molecule has 88 valence electrons. The van der Waals surface area contributed by atoms with Gasteiger partial charge in [-0.15, -0.1) is 0 Å². The van der Waals surface area contributed by atoms with Gasteiger partial charge in [0.2, 0.25) is 0 Å². The first-order valence-electron chi connectivity index (χ1n) is 5.84. The third-order valence-electron chi connectivity index (χ3n) is 2.97. The van der Waals surface area contributed by atoms with Gasteiger partial charge in [-0.05, 0) is 17.2 Å². The van der Waals surface area contributed by atoms with Crippen molar-refractivity contribution in [2.75, 3.05) is 0 Å². The molecule has 18 heavy (non-hydrogen) atoms. The summed E-state index contributed by atoms with van der Waals surface area (Å²) in [4.78, 5) is 0. The van der Waals surface area contributed by atoms with Crippen LogP contribution in [-0.2, 0) is 0 Å². The van der Waals surface area contributed by atoms with Crippen molar-refractivity contribution in [3.63, 3.8) is 0 Å². The van der Waals surface area contributed by atoms with Crippen molar-refractivity contribution in [1.82, 2.24) is 2.78 Å². The standard InChI is InChI=1S/C16H12IN/c17-18-12-11-15(13-7-3-1-4-8-13)16(18)14-9-5-2-6-10-14/h1-12H. The van der Waals surface area contributed by atoms with Gasteiger partial charge in [-0.2, -0.15) is 0 Å². The molecule has 2 aromatic carbocycles. The van der Waals surface area contributed by atoms with Crippen LogP contribution >= 0.6 is 22.9 Å². The van der Waals surface area contributed by atoms with Crippen LogP contribution in [0.5, 0.6) is 0 Å².